The van der Waals surface area contributed by atoms with Gasteiger partial charge in [-0.05, 0) is 35.4 Å². The molecule has 5 rings (SSSR count). The van der Waals surface area contributed by atoms with E-state index in [0.29, 0.717) is 29.3 Å². The lowest BCUT2D eigenvalue weighted by Crippen LogP contribution is -2.30. The number of hydrogen-bond donors (Lipinski definition) is 3. The molecule has 0 spiro atoms. The maximum absolute atomic E-state index is 12.0. The lowest BCUT2D eigenvalue weighted by molar-refractivity contribution is 0.0953. The molecule has 0 aliphatic heterocycles. The summed E-state index contributed by atoms with van der Waals surface area (Å²) in [5.74, 6) is 5.96. The minimum atomic E-state index is -0.435. The van der Waals surface area contributed by atoms with Crippen LogP contribution in [0.1, 0.15) is 29.9 Å². The number of benzene rings is 2. The van der Waals surface area contributed by atoms with Crippen LogP contribution in [0, 0.1) is 0 Å². The lowest BCUT2D eigenvalue weighted by Gasteiger charge is -2.14. The Morgan fingerprint density at radius 3 is 2.44 bits per heavy atom. The fraction of sp³-hybridized carbons (Fsp3) is 0.107. The number of amides is 1. The molecule has 2 aromatic carbocycles. The Morgan fingerprint density at radius 1 is 0.889 bits per heavy atom. The van der Waals surface area contributed by atoms with Crippen molar-refractivity contribution in [2.24, 2.45) is 5.84 Å². The maximum atomic E-state index is 12.0. The molecule has 0 aliphatic rings. The number of pyridine rings is 2. The summed E-state index contributed by atoms with van der Waals surface area (Å²) in [5.41, 5.74) is 6.79. The first-order chi connectivity index (χ1) is 17.7. The van der Waals surface area contributed by atoms with Crippen molar-refractivity contribution in [1.29, 1.82) is 0 Å². The van der Waals surface area contributed by atoms with Gasteiger partial charge >= 0.3 is 0 Å². The van der Waals surface area contributed by atoms with Crippen molar-refractivity contribution in [3.05, 3.63) is 103 Å². The second-order valence-corrected chi connectivity index (χ2v) is 7.57. The van der Waals surface area contributed by atoms with Gasteiger partial charge in [-0.2, -0.15) is 0 Å². The maximum Gasteiger partial charge on any atom is 0.266 e. The molecule has 8 heteroatoms. The van der Waals surface area contributed by atoms with Crippen LogP contribution in [-0.2, 0) is 6.54 Å². The van der Waals surface area contributed by atoms with Crippen LogP contribution in [-0.4, -0.2) is 25.8 Å². The van der Waals surface area contributed by atoms with Crippen LogP contribution in [0.25, 0.3) is 33.4 Å². The zero-order valence-corrected chi connectivity index (χ0v) is 20.1. The second kappa shape index (κ2) is 11.6. The van der Waals surface area contributed by atoms with Crippen molar-refractivity contribution in [3.8, 4) is 22.5 Å². The predicted molar refractivity (Wildman–Crippen MR) is 143 cm³/mol. The van der Waals surface area contributed by atoms with E-state index >= 15 is 0 Å². The molecule has 0 radical (unpaired) electrons. The van der Waals surface area contributed by atoms with Crippen LogP contribution < -0.4 is 16.6 Å². The molecule has 0 aliphatic carbocycles. The SMILES string of the molecule is CC.NNC(=O)c1cncc(-c2nc(NCc3ccccn3)c3c(-c4ccccc4)cccc3n2)c1. The minimum absolute atomic E-state index is 0.324. The van der Waals surface area contributed by atoms with Crippen molar-refractivity contribution in [2.45, 2.75) is 20.4 Å². The quantitative estimate of drug-likeness (QED) is 0.179. The third-order valence-corrected chi connectivity index (χ3v) is 5.36. The number of hydrazine groups is 1. The molecule has 36 heavy (non-hydrogen) atoms. The van der Waals surface area contributed by atoms with E-state index in [-0.39, 0.29) is 0 Å². The van der Waals surface area contributed by atoms with Crippen molar-refractivity contribution >= 4 is 22.6 Å². The number of anilines is 1. The fourth-order valence-corrected chi connectivity index (χ4v) is 3.75. The number of carbonyl (C=O) groups excluding carboxylic acids is 1. The smallest absolute Gasteiger partial charge is 0.266 e. The number of rotatable bonds is 6. The molecule has 0 fully saturated rings. The van der Waals surface area contributed by atoms with Crippen LogP contribution in [0.3, 0.4) is 0 Å². The number of fused-ring (bicyclic) bond motifs is 1. The first-order valence-corrected chi connectivity index (χ1v) is 11.7. The van der Waals surface area contributed by atoms with Gasteiger partial charge in [-0.1, -0.05) is 62.4 Å². The molecule has 0 saturated heterocycles. The van der Waals surface area contributed by atoms with Crippen LogP contribution in [0.5, 0.6) is 0 Å². The van der Waals surface area contributed by atoms with Gasteiger partial charge in [0.2, 0.25) is 0 Å². The van der Waals surface area contributed by atoms with Gasteiger partial charge in [0.1, 0.15) is 5.82 Å². The highest BCUT2D eigenvalue weighted by molar-refractivity contribution is 6.02. The summed E-state index contributed by atoms with van der Waals surface area (Å²) >= 11 is 0. The van der Waals surface area contributed by atoms with E-state index in [4.69, 9.17) is 15.8 Å². The van der Waals surface area contributed by atoms with E-state index in [1.165, 1.54) is 6.20 Å². The standard InChI is InChI=1S/C26H21N7O.C2H6/c27-33-26(34)19-13-18(14-28-15-19)24-31-22-11-6-10-21(17-7-2-1-3-8-17)23(22)25(32-24)30-16-20-9-4-5-12-29-20;1-2/h1-15H,16,27H2,(H,33,34)(H,30,31,32);1-2H3. The van der Waals surface area contributed by atoms with Crippen LogP contribution in [0.15, 0.2) is 91.4 Å². The molecule has 0 bridgehead atoms. The number of hydrogen-bond acceptors (Lipinski definition) is 7. The number of nitrogen functional groups attached to an aromatic ring is 1. The van der Waals surface area contributed by atoms with Gasteiger partial charge in [0.05, 0.1) is 28.7 Å². The molecule has 4 N–H and O–H groups in total. The van der Waals surface area contributed by atoms with Crippen molar-refractivity contribution in [1.82, 2.24) is 25.4 Å². The largest absolute Gasteiger partial charge is 0.364 e. The van der Waals surface area contributed by atoms with Crippen molar-refractivity contribution < 1.29 is 4.79 Å². The van der Waals surface area contributed by atoms with Crippen LogP contribution >= 0.6 is 0 Å². The molecule has 5 aromatic rings. The number of nitrogens with two attached hydrogens (primary N) is 1. The molecule has 3 aromatic heterocycles. The monoisotopic (exact) mass is 477 g/mol. The predicted octanol–water partition coefficient (Wildman–Crippen LogP) is 5.00. The summed E-state index contributed by atoms with van der Waals surface area (Å²) in [5, 5.41) is 4.34. The summed E-state index contributed by atoms with van der Waals surface area (Å²) in [6.07, 6.45) is 4.83. The molecule has 0 atom stereocenters. The Bertz CT molecular complexity index is 1460. The summed E-state index contributed by atoms with van der Waals surface area (Å²) in [4.78, 5) is 30.2. The van der Waals surface area contributed by atoms with Gasteiger partial charge in [-0.15, -0.1) is 0 Å². The van der Waals surface area contributed by atoms with Gasteiger partial charge in [0.15, 0.2) is 5.82 Å². The van der Waals surface area contributed by atoms with Gasteiger partial charge in [0, 0.05) is 24.2 Å². The van der Waals surface area contributed by atoms with E-state index in [1.807, 2.05) is 62.4 Å². The average molecular weight is 478 g/mol. The zero-order valence-electron chi connectivity index (χ0n) is 20.1. The van der Waals surface area contributed by atoms with Gasteiger partial charge in [0.25, 0.3) is 5.91 Å². The molecule has 0 saturated carbocycles. The molecular formula is C28H27N7O. The summed E-state index contributed by atoms with van der Waals surface area (Å²) in [7, 11) is 0. The third-order valence-electron chi connectivity index (χ3n) is 5.36. The van der Waals surface area contributed by atoms with Crippen molar-refractivity contribution in [3.63, 3.8) is 0 Å². The van der Waals surface area contributed by atoms with Gasteiger partial charge < -0.3 is 5.32 Å². The third kappa shape index (κ3) is 5.34. The first kappa shape index (κ1) is 24.4. The molecular weight excluding hydrogens is 450 g/mol. The number of aromatic nitrogens is 4. The Labute approximate surface area is 209 Å². The molecule has 180 valence electrons. The van der Waals surface area contributed by atoms with Gasteiger partial charge in [-0.3, -0.25) is 20.2 Å². The highest BCUT2D eigenvalue weighted by Gasteiger charge is 2.15. The van der Waals surface area contributed by atoms with E-state index in [0.717, 1.165) is 27.7 Å². The lowest BCUT2D eigenvalue weighted by atomic mass is 10.0. The van der Waals surface area contributed by atoms with E-state index in [1.54, 1.807) is 18.5 Å². The van der Waals surface area contributed by atoms with E-state index < -0.39 is 5.91 Å². The molecule has 0 unspecified atom stereocenters. The molecule has 3 heterocycles. The Morgan fingerprint density at radius 2 is 1.69 bits per heavy atom. The normalized spacial score (nSPS) is 10.3. The van der Waals surface area contributed by atoms with Crippen LogP contribution in [0.2, 0.25) is 0 Å². The zero-order chi connectivity index (χ0) is 25.3. The van der Waals surface area contributed by atoms with Crippen LogP contribution in [0.4, 0.5) is 5.82 Å². The Kier molecular flexibility index (Phi) is 7.90. The number of carbonyl (C=O) groups is 1. The number of nitrogens with zero attached hydrogens (tertiary/aromatic N) is 4. The van der Waals surface area contributed by atoms with Crippen molar-refractivity contribution in [2.75, 3.05) is 5.32 Å². The fourth-order valence-electron chi connectivity index (χ4n) is 3.75. The first-order valence-electron chi connectivity index (χ1n) is 11.7. The summed E-state index contributed by atoms with van der Waals surface area (Å²) < 4.78 is 0. The molecule has 8 nitrogen and oxygen atoms in total. The highest BCUT2D eigenvalue weighted by Crippen LogP contribution is 2.34. The van der Waals surface area contributed by atoms with E-state index in [2.05, 4.69) is 38.9 Å². The Hall–Kier alpha value is -4.69. The van der Waals surface area contributed by atoms with Gasteiger partial charge in [-0.25, -0.2) is 15.8 Å². The van der Waals surface area contributed by atoms with E-state index in [9.17, 15) is 4.79 Å². The summed E-state index contributed by atoms with van der Waals surface area (Å²) in [6, 6.07) is 23.5. The minimum Gasteiger partial charge on any atom is -0.364 e. The number of nitrogens with one attached hydrogen (secondary N) is 2. The molecule has 1 amide bonds. The second-order valence-electron chi connectivity index (χ2n) is 7.57. The highest BCUT2D eigenvalue weighted by atomic mass is 16.2. The Balaban J connectivity index is 0.00000148. The topological polar surface area (TPSA) is 119 Å². The summed E-state index contributed by atoms with van der Waals surface area (Å²) in [6.45, 7) is 4.49. The average Bonchev–Trinajstić information content (AvgIpc) is 2.97.